The Morgan fingerprint density at radius 1 is 0.286 bits per heavy atom. The SMILES string of the molecule is c1cncc(-c2cc(-c3cccnc3)c(-c3ccc(-c4cncnc4)cc3)cc2-c2ccc(-c3cncnc3)cc2)c1. The Balaban J connectivity index is 1.42. The Morgan fingerprint density at radius 3 is 0.976 bits per heavy atom. The number of pyridine rings is 2. The average Bonchev–Trinajstić information content (AvgIpc) is 3.09. The molecule has 0 unspecified atom stereocenters. The topological polar surface area (TPSA) is 77.3 Å². The minimum Gasteiger partial charge on any atom is -0.264 e. The highest BCUT2D eigenvalue weighted by atomic mass is 14.8. The van der Waals surface area contributed by atoms with Crippen molar-refractivity contribution >= 4 is 0 Å². The highest BCUT2D eigenvalue weighted by Crippen LogP contribution is 2.42. The van der Waals surface area contributed by atoms with Crippen LogP contribution in [-0.2, 0) is 0 Å². The summed E-state index contributed by atoms with van der Waals surface area (Å²) in [7, 11) is 0. The van der Waals surface area contributed by atoms with Crippen LogP contribution in [0.3, 0.4) is 0 Å². The van der Waals surface area contributed by atoms with Crippen molar-refractivity contribution in [1.29, 1.82) is 0 Å². The Morgan fingerprint density at radius 2 is 0.619 bits per heavy atom. The summed E-state index contributed by atoms with van der Waals surface area (Å²) >= 11 is 0. The first kappa shape index (κ1) is 25.1. The van der Waals surface area contributed by atoms with Crippen LogP contribution in [0.2, 0.25) is 0 Å². The molecule has 6 heteroatoms. The van der Waals surface area contributed by atoms with Gasteiger partial charge >= 0.3 is 0 Å². The molecule has 0 bridgehead atoms. The standard InChI is InChI=1S/C36H24N6/c1-3-29(17-37-13-1)35-16-36(30-4-2-14-38-18-30)34(28-11-7-26(8-12-28)32-21-41-24-42-22-32)15-33(35)27-9-5-25(6-10-27)31-19-39-23-40-20-31/h1-24H. The summed E-state index contributed by atoms with van der Waals surface area (Å²) in [5, 5.41) is 0. The first-order chi connectivity index (χ1) is 20.8. The third kappa shape index (κ3) is 5.05. The van der Waals surface area contributed by atoms with Crippen LogP contribution in [0.4, 0.5) is 0 Å². The molecule has 0 spiro atoms. The van der Waals surface area contributed by atoms with Gasteiger partial charge in [0.1, 0.15) is 12.7 Å². The number of hydrogen-bond donors (Lipinski definition) is 0. The monoisotopic (exact) mass is 540 g/mol. The van der Waals surface area contributed by atoms with E-state index in [-0.39, 0.29) is 0 Å². The average molecular weight is 541 g/mol. The molecular formula is C36H24N6. The fourth-order valence-corrected chi connectivity index (χ4v) is 5.18. The third-order valence-electron chi connectivity index (χ3n) is 7.28. The number of hydrogen-bond acceptors (Lipinski definition) is 6. The lowest BCUT2D eigenvalue weighted by molar-refractivity contribution is 1.17. The molecule has 0 amide bonds. The van der Waals surface area contributed by atoms with E-state index in [4.69, 9.17) is 0 Å². The molecule has 0 saturated carbocycles. The van der Waals surface area contributed by atoms with E-state index in [1.54, 1.807) is 25.0 Å². The van der Waals surface area contributed by atoms with E-state index >= 15 is 0 Å². The minimum atomic E-state index is 0.980. The van der Waals surface area contributed by atoms with Crippen LogP contribution in [0.1, 0.15) is 0 Å². The molecule has 0 aliphatic heterocycles. The molecule has 0 saturated heterocycles. The van der Waals surface area contributed by atoms with Crippen LogP contribution in [-0.4, -0.2) is 29.9 Å². The maximum atomic E-state index is 4.43. The zero-order chi connectivity index (χ0) is 28.1. The van der Waals surface area contributed by atoms with Crippen molar-refractivity contribution in [2.45, 2.75) is 0 Å². The molecule has 0 N–H and O–H groups in total. The quantitative estimate of drug-likeness (QED) is 0.212. The molecule has 0 radical (unpaired) electrons. The molecule has 42 heavy (non-hydrogen) atoms. The van der Waals surface area contributed by atoms with Gasteiger partial charge in [-0.05, 0) is 68.8 Å². The highest BCUT2D eigenvalue weighted by Gasteiger charge is 2.17. The first-order valence-corrected chi connectivity index (χ1v) is 13.5. The molecule has 4 aromatic heterocycles. The van der Waals surface area contributed by atoms with Crippen LogP contribution < -0.4 is 0 Å². The molecule has 7 aromatic rings. The lowest BCUT2D eigenvalue weighted by Gasteiger charge is -2.18. The second-order valence-corrected chi connectivity index (χ2v) is 9.84. The first-order valence-electron chi connectivity index (χ1n) is 13.5. The Hall–Kier alpha value is -5.88. The fraction of sp³-hybridized carbons (Fsp3) is 0. The van der Waals surface area contributed by atoms with Crippen molar-refractivity contribution in [1.82, 2.24) is 29.9 Å². The zero-order valence-corrected chi connectivity index (χ0v) is 22.5. The summed E-state index contributed by atoms with van der Waals surface area (Å²) < 4.78 is 0. The number of aromatic nitrogens is 6. The summed E-state index contributed by atoms with van der Waals surface area (Å²) in [5.41, 5.74) is 12.8. The summed E-state index contributed by atoms with van der Waals surface area (Å²) in [6.07, 6.45) is 17.8. The number of rotatable bonds is 6. The van der Waals surface area contributed by atoms with E-state index in [2.05, 4.69) is 103 Å². The molecule has 4 heterocycles. The lowest BCUT2D eigenvalue weighted by Crippen LogP contribution is -1.93. The third-order valence-corrected chi connectivity index (χ3v) is 7.28. The zero-order valence-electron chi connectivity index (χ0n) is 22.5. The highest BCUT2D eigenvalue weighted by molar-refractivity contribution is 5.95. The second-order valence-electron chi connectivity index (χ2n) is 9.84. The summed E-state index contributed by atoms with van der Waals surface area (Å²) in [4.78, 5) is 25.6. The lowest BCUT2D eigenvalue weighted by atomic mass is 9.86. The maximum Gasteiger partial charge on any atom is 0.115 e. The predicted molar refractivity (Wildman–Crippen MR) is 166 cm³/mol. The summed E-state index contributed by atoms with van der Waals surface area (Å²) in [6, 6.07) is 29.8. The van der Waals surface area contributed by atoms with Crippen molar-refractivity contribution in [3.05, 3.63) is 147 Å². The van der Waals surface area contributed by atoms with Gasteiger partial charge in [0.2, 0.25) is 0 Å². The van der Waals surface area contributed by atoms with E-state index in [0.29, 0.717) is 0 Å². The summed E-state index contributed by atoms with van der Waals surface area (Å²) in [5.74, 6) is 0. The molecule has 0 aliphatic carbocycles. The van der Waals surface area contributed by atoms with Gasteiger partial charge in [0.25, 0.3) is 0 Å². The number of nitrogens with zero attached hydrogens (tertiary/aromatic N) is 6. The fourth-order valence-electron chi connectivity index (χ4n) is 5.18. The van der Waals surface area contributed by atoms with Gasteiger partial charge in [-0.2, -0.15) is 0 Å². The van der Waals surface area contributed by atoms with Crippen LogP contribution in [0.15, 0.2) is 147 Å². The molecule has 3 aromatic carbocycles. The molecule has 198 valence electrons. The normalized spacial score (nSPS) is 10.9. The van der Waals surface area contributed by atoms with Crippen LogP contribution >= 0.6 is 0 Å². The van der Waals surface area contributed by atoms with Crippen LogP contribution in [0.5, 0.6) is 0 Å². The van der Waals surface area contributed by atoms with Crippen LogP contribution in [0, 0.1) is 0 Å². The minimum absolute atomic E-state index is 0.980. The van der Waals surface area contributed by atoms with Crippen LogP contribution in [0.25, 0.3) is 66.8 Å². The molecular weight excluding hydrogens is 516 g/mol. The molecule has 0 atom stereocenters. The molecule has 6 nitrogen and oxygen atoms in total. The van der Waals surface area contributed by atoms with Crippen molar-refractivity contribution in [2.24, 2.45) is 0 Å². The van der Waals surface area contributed by atoms with E-state index in [1.807, 2.05) is 49.3 Å². The van der Waals surface area contributed by atoms with E-state index in [0.717, 1.165) is 66.8 Å². The Kier molecular flexibility index (Phi) is 6.76. The Labute approximate surface area is 243 Å². The predicted octanol–water partition coefficient (Wildman–Crippen LogP) is 8.06. The van der Waals surface area contributed by atoms with Gasteiger partial charge in [0.15, 0.2) is 0 Å². The second kappa shape index (κ2) is 11.3. The van der Waals surface area contributed by atoms with Gasteiger partial charge in [0.05, 0.1) is 0 Å². The largest absolute Gasteiger partial charge is 0.264 e. The maximum absolute atomic E-state index is 4.43. The summed E-state index contributed by atoms with van der Waals surface area (Å²) in [6.45, 7) is 0. The molecule has 0 fully saturated rings. The van der Waals surface area contributed by atoms with Crippen molar-refractivity contribution in [3.63, 3.8) is 0 Å². The molecule has 7 rings (SSSR count). The van der Waals surface area contributed by atoms with Gasteiger partial charge in [-0.25, -0.2) is 19.9 Å². The van der Waals surface area contributed by atoms with E-state index in [9.17, 15) is 0 Å². The number of benzene rings is 3. The van der Waals surface area contributed by atoms with Gasteiger partial charge < -0.3 is 0 Å². The Bertz CT molecular complexity index is 1790. The van der Waals surface area contributed by atoms with Gasteiger partial charge in [-0.15, -0.1) is 0 Å². The van der Waals surface area contributed by atoms with Gasteiger partial charge in [-0.1, -0.05) is 60.7 Å². The van der Waals surface area contributed by atoms with Gasteiger partial charge in [0, 0.05) is 71.8 Å². The smallest absolute Gasteiger partial charge is 0.115 e. The van der Waals surface area contributed by atoms with Crippen molar-refractivity contribution in [2.75, 3.05) is 0 Å². The van der Waals surface area contributed by atoms with Crippen molar-refractivity contribution in [3.8, 4) is 66.8 Å². The molecule has 0 aliphatic rings. The van der Waals surface area contributed by atoms with E-state index < -0.39 is 0 Å². The van der Waals surface area contributed by atoms with E-state index in [1.165, 1.54) is 0 Å². The van der Waals surface area contributed by atoms with Crippen molar-refractivity contribution < 1.29 is 0 Å². The van der Waals surface area contributed by atoms with Gasteiger partial charge in [-0.3, -0.25) is 9.97 Å².